The van der Waals surface area contributed by atoms with Gasteiger partial charge in [-0.25, -0.2) is 0 Å². The van der Waals surface area contributed by atoms with Crippen molar-refractivity contribution in [2.24, 2.45) is 5.92 Å². The molecule has 5 rings (SSSR count). The summed E-state index contributed by atoms with van der Waals surface area (Å²) in [6.07, 6.45) is 1.35. The van der Waals surface area contributed by atoms with Gasteiger partial charge >= 0.3 is 0 Å². The fourth-order valence-corrected chi connectivity index (χ4v) is 5.69. The Labute approximate surface area is 228 Å². The lowest BCUT2D eigenvalue weighted by atomic mass is 9.78. The van der Waals surface area contributed by atoms with Gasteiger partial charge in [0.05, 0.1) is 27.5 Å². The average molecular weight is 533 g/mol. The summed E-state index contributed by atoms with van der Waals surface area (Å²) >= 11 is 12.5. The van der Waals surface area contributed by atoms with Crippen molar-refractivity contribution in [2.75, 3.05) is 10.2 Å². The molecular formula is C31H30Cl2N2O2. The first-order valence-electron chi connectivity index (χ1n) is 12.7. The number of benzene rings is 3. The van der Waals surface area contributed by atoms with Crippen molar-refractivity contribution in [1.82, 2.24) is 0 Å². The van der Waals surface area contributed by atoms with Crippen molar-refractivity contribution in [1.29, 1.82) is 0 Å². The van der Waals surface area contributed by atoms with E-state index in [2.05, 4.69) is 5.32 Å². The number of hydrogen-bond acceptors (Lipinski definition) is 3. The molecule has 0 saturated heterocycles. The van der Waals surface area contributed by atoms with Crippen LogP contribution in [-0.4, -0.2) is 11.7 Å². The summed E-state index contributed by atoms with van der Waals surface area (Å²) in [6.45, 7) is 6.12. The Hall–Kier alpha value is -3.08. The molecule has 1 heterocycles. The molecule has 0 bridgehead atoms. The lowest BCUT2D eigenvalue weighted by Gasteiger charge is -2.35. The van der Waals surface area contributed by atoms with Gasteiger partial charge in [-0.1, -0.05) is 85.1 Å². The number of halogens is 2. The zero-order valence-corrected chi connectivity index (χ0v) is 22.7. The second-order valence-electron chi connectivity index (χ2n) is 10.4. The number of fused-ring (bicyclic) bond motifs is 1. The summed E-state index contributed by atoms with van der Waals surface area (Å²) in [5.41, 5.74) is 6.15. The van der Waals surface area contributed by atoms with Gasteiger partial charge in [-0.3, -0.25) is 14.5 Å². The van der Waals surface area contributed by atoms with E-state index in [0.29, 0.717) is 34.9 Å². The van der Waals surface area contributed by atoms with E-state index in [9.17, 15) is 9.59 Å². The topological polar surface area (TPSA) is 49.4 Å². The normalized spacial score (nSPS) is 19.3. The van der Waals surface area contributed by atoms with E-state index in [1.807, 2.05) is 86.3 Å². The van der Waals surface area contributed by atoms with Crippen LogP contribution in [0, 0.1) is 12.8 Å². The molecule has 0 radical (unpaired) electrons. The maximum atomic E-state index is 14.0. The smallest absolute Gasteiger partial charge is 0.228 e. The molecule has 6 heteroatoms. The van der Waals surface area contributed by atoms with Crippen molar-refractivity contribution in [3.63, 3.8) is 0 Å². The zero-order valence-electron chi connectivity index (χ0n) is 21.2. The number of anilines is 2. The summed E-state index contributed by atoms with van der Waals surface area (Å²) in [5.74, 6) is 0.176. The molecule has 0 aromatic heterocycles. The molecule has 4 nitrogen and oxygen atoms in total. The minimum Gasteiger partial charge on any atom is -0.357 e. The predicted octanol–water partition coefficient (Wildman–Crippen LogP) is 8.25. The van der Waals surface area contributed by atoms with Gasteiger partial charge in [0.15, 0.2) is 5.78 Å². The van der Waals surface area contributed by atoms with Crippen molar-refractivity contribution in [3.8, 4) is 0 Å². The molecule has 37 heavy (non-hydrogen) atoms. The third kappa shape index (κ3) is 5.05. The number of aryl methyl sites for hydroxylation is 1. The molecule has 1 aliphatic carbocycles. The summed E-state index contributed by atoms with van der Waals surface area (Å²) in [7, 11) is 0. The maximum Gasteiger partial charge on any atom is 0.228 e. The molecule has 3 aromatic rings. The van der Waals surface area contributed by atoms with Crippen molar-refractivity contribution in [2.45, 2.75) is 52.0 Å². The van der Waals surface area contributed by atoms with Crippen LogP contribution >= 0.6 is 23.2 Å². The Morgan fingerprint density at radius 1 is 0.973 bits per heavy atom. The first-order valence-corrected chi connectivity index (χ1v) is 13.4. The molecule has 0 fully saturated rings. The Bertz CT molecular complexity index is 1390. The van der Waals surface area contributed by atoms with Crippen LogP contribution in [0.3, 0.4) is 0 Å². The molecule has 0 saturated carbocycles. The van der Waals surface area contributed by atoms with Gasteiger partial charge in [-0.05, 0) is 60.6 Å². The minimum absolute atomic E-state index is 0.00276. The molecule has 1 aliphatic heterocycles. The molecule has 0 unspecified atom stereocenters. The molecule has 0 spiro atoms. The van der Waals surface area contributed by atoms with E-state index in [1.165, 1.54) is 0 Å². The summed E-state index contributed by atoms with van der Waals surface area (Å²) in [6, 6.07) is 21.0. The van der Waals surface area contributed by atoms with Crippen LogP contribution in [0.1, 0.15) is 61.8 Å². The molecule has 1 N–H and O–H groups in total. The number of nitrogens with one attached hydrogen (secondary N) is 1. The highest BCUT2D eigenvalue weighted by molar-refractivity contribution is 6.42. The van der Waals surface area contributed by atoms with Crippen LogP contribution in [-0.2, 0) is 9.59 Å². The molecule has 2 atom stereocenters. The summed E-state index contributed by atoms with van der Waals surface area (Å²) in [4.78, 5) is 29.7. The Kier molecular flexibility index (Phi) is 7.15. The Morgan fingerprint density at radius 3 is 2.38 bits per heavy atom. The Morgan fingerprint density at radius 2 is 1.68 bits per heavy atom. The van der Waals surface area contributed by atoms with Crippen LogP contribution in [0.5, 0.6) is 0 Å². The number of amides is 1. The number of carbonyl (C=O) groups is 2. The van der Waals surface area contributed by atoms with E-state index < -0.39 is 6.04 Å². The number of ketones is 1. The number of nitrogens with zero attached hydrogens (tertiary/aromatic N) is 1. The summed E-state index contributed by atoms with van der Waals surface area (Å²) in [5, 5.41) is 4.55. The second kappa shape index (κ2) is 10.4. The number of hydrogen-bond donors (Lipinski definition) is 1. The number of para-hydroxylation sites is 2. The SMILES string of the molecule is Cc1ccc([C@H]2C3=C(C[C@@H](c4ccc(Cl)c(Cl)c4)CC3=O)Nc3ccccc3N2C(=O)CC(C)C)cc1. The highest BCUT2D eigenvalue weighted by Gasteiger charge is 2.41. The number of rotatable bonds is 4. The highest BCUT2D eigenvalue weighted by Crippen LogP contribution is 2.48. The molecular weight excluding hydrogens is 503 g/mol. The molecule has 190 valence electrons. The number of Topliss-reactive ketones (excluding diaryl/α,β-unsaturated/α-hetero) is 1. The van der Waals surface area contributed by atoms with Gasteiger partial charge in [0, 0.05) is 24.1 Å². The lowest BCUT2D eigenvalue weighted by molar-refractivity contribution is -0.119. The fourth-order valence-electron chi connectivity index (χ4n) is 5.38. The van der Waals surface area contributed by atoms with Crippen LogP contribution in [0.4, 0.5) is 11.4 Å². The van der Waals surface area contributed by atoms with E-state index in [4.69, 9.17) is 23.2 Å². The highest BCUT2D eigenvalue weighted by atomic mass is 35.5. The van der Waals surface area contributed by atoms with Gasteiger partial charge in [0.2, 0.25) is 5.91 Å². The molecule has 3 aromatic carbocycles. The quantitative estimate of drug-likeness (QED) is 0.367. The number of allylic oxidation sites excluding steroid dienone is 1. The first-order chi connectivity index (χ1) is 17.7. The third-order valence-electron chi connectivity index (χ3n) is 7.15. The van der Waals surface area contributed by atoms with Gasteiger partial charge in [-0.2, -0.15) is 0 Å². The van der Waals surface area contributed by atoms with Gasteiger partial charge in [-0.15, -0.1) is 0 Å². The van der Waals surface area contributed by atoms with E-state index in [1.54, 1.807) is 6.07 Å². The van der Waals surface area contributed by atoms with Gasteiger partial charge in [0.25, 0.3) is 0 Å². The molecule has 1 amide bonds. The van der Waals surface area contributed by atoms with E-state index >= 15 is 0 Å². The van der Waals surface area contributed by atoms with Crippen molar-refractivity contribution in [3.05, 3.63) is 105 Å². The first kappa shape index (κ1) is 25.6. The molecule has 2 aliphatic rings. The number of carbonyl (C=O) groups excluding carboxylic acids is 2. The van der Waals surface area contributed by atoms with Gasteiger partial charge in [0.1, 0.15) is 0 Å². The van der Waals surface area contributed by atoms with Crippen LogP contribution < -0.4 is 10.2 Å². The van der Waals surface area contributed by atoms with E-state index in [-0.39, 0.29) is 23.5 Å². The van der Waals surface area contributed by atoms with Crippen molar-refractivity contribution >= 4 is 46.3 Å². The van der Waals surface area contributed by atoms with E-state index in [0.717, 1.165) is 33.8 Å². The largest absolute Gasteiger partial charge is 0.357 e. The van der Waals surface area contributed by atoms with Crippen LogP contribution in [0.15, 0.2) is 78.0 Å². The fraction of sp³-hybridized carbons (Fsp3) is 0.290. The third-order valence-corrected chi connectivity index (χ3v) is 7.89. The average Bonchev–Trinajstić information content (AvgIpc) is 3.00. The Balaban J connectivity index is 1.69. The van der Waals surface area contributed by atoms with Crippen LogP contribution in [0.2, 0.25) is 10.0 Å². The van der Waals surface area contributed by atoms with Gasteiger partial charge < -0.3 is 5.32 Å². The zero-order chi connectivity index (χ0) is 26.3. The standard InChI is InChI=1S/C31H30Cl2N2O2/c1-18(2)14-29(37)35-27-7-5-4-6-25(27)34-26-16-22(21-12-13-23(32)24(33)15-21)17-28(36)30(26)31(35)20-10-8-19(3)9-11-20/h4-13,15,18,22,31,34H,14,16-17H2,1-3H3/t22-,31+/m1/s1. The maximum absolute atomic E-state index is 14.0. The van der Waals surface area contributed by atoms with Crippen molar-refractivity contribution < 1.29 is 9.59 Å². The summed E-state index contributed by atoms with van der Waals surface area (Å²) < 4.78 is 0. The monoisotopic (exact) mass is 532 g/mol. The predicted molar refractivity (Wildman–Crippen MR) is 151 cm³/mol. The second-order valence-corrected chi connectivity index (χ2v) is 11.2. The minimum atomic E-state index is -0.514. The lowest BCUT2D eigenvalue weighted by Crippen LogP contribution is -2.39. The van der Waals surface area contributed by atoms with Crippen LogP contribution in [0.25, 0.3) is 0 Å².